The van der Waals surface area contributed by atoms with Crippen LogP contribution in [0.4, 0.5) is 0 Å². The summed E-state index contributed by atoms with van der Waals surface area (Å²) >= 11 is 3.39. The molecule has 0 bridgehead atoms. The fourth-order valence-corrected chi connectivity index (χ4v) is 1.58. The summed E-state index contributed by atoms with van der Waals surface area (Å²) in [6.07, 6.45) is 3.79. The van der Waals surface area contributed by atoms with Gasteiger partial charge >= 0.3 is 0 Å². The highest BCUT2D eigenvalue weighted by molar-refractivity contribution is 9.10. The van der Waals surface area contributed by atoms with Gasteiger partial charge in [0.15, 0.2) is 5.65 Å². The van der Waals surface area contributed by atoms with Crippen LogP contribution in [0, 0.1) is 0 Å². The zero-order valence-electron chi connectivity index (χ0n) is 8.45. The SMILES string of the molecule is CC(C)(C)n1cc2cc(Br)cnc2n1. The zero-order chi connectivity index (χ0) is 10.3. The largest absolute Gasteiger partial charge is 0.265 e. The molecule has 74 valence electrons. The smallest absolute Gasteiger partial charge is 0.181 e. The molecule has 0 aliphatic heterocycles. The van der Waals surface area contributed by atoms with Gasteiger partial charge in [-0.1, -0.05) is 0 Å². The Morgan fingerprint density at radius 2 is 2.07 bits per heavy atom. The summed E-state index contributed by atoms with van der Waals surface area (Å²) in [7, 11) is 0. The first-order valence-corrected chi connectivity index (χ1v) is 5.27. The lowest BCUT2D eigenvalue weighted by Gasteiger charge is -2.18. The molecule has 0 saturated carbocycles. The van der Waals surface area contributed by atoms with Gasteiger partial charge in [-0.05, 0) is 42.8 Å². The quantitative estimate of drug-likeness (QED) is 0.723. The van der Waals surface area contributed by atoms with Gasteiger partial charge < -0.3 is 0 Å². The highest BCUT2D eigenvalue weighted by Gasteiger charge is 2.14. The molecule has 0 radical (unpaired) electrons. The summed E-state index contributed by atoms with van der Waals surface area (Å²) in [5.41, 5.74) is 0.802. The average Bonchev–Trinajstić information content (AvgIpc) is 2.45. The lowest BCUT2D eigenvalue weighted by Crippen LogP contribution is -2.21. The fourth-order valence-electron chi connectivity index (χ4n) is 1.23. The Kier molecular flexibility index (Phi) is 2.10. The highest BCUT2D eigenvalue weighted by atomic mass is 79.9. The summed E-state index contributed by atoms with van der Waals surface area (Å²) in [5.74, 6) is 0. The average molecular weight is 254 g/mol. The van der Waals surface area contributed by atoms with Crippen LogP contribution in [0.15, 0.2) is 22.9 Å². The number of hydrogen-bond acceptors (Lipinski definition) is 2. The van der Waals surface area contributed by atoms with Gasteiger partial charge in [-0.3, -0.25) is 4.68 Å². The first-order chi connectivity index (χ1) is 6.47. The van der Waals surface area contributed by atoms with Crippen LogP contribution in [-0.4, -0.2) is 14.8 Å². The standard InChI is InChI=1S/C10H12BrN3/c1-10(2,3)14-6-7-4-8(11)5-12-9(7)13-14/h4-6H,1-3H3. The molecule has 0 unspecified atom stereocenters. The summed E-state index contributed by atoms with van der Waals surface area (Å²) < 4.78 is 2.93. The Bertz CT molecular complexity index is 468. The molecule has 0 amide bonds. The molecule has 0 saturated heterocycles. The molecule has 0 atom stereocenters. The van der Waals surface area contributed by atoms with E-state index in [0.29, 0.717) is 0 Å². The second-order valence-electron chi connectivity index (χ2n) is 4.31. The van der Waals surface area contributed by atoms with Crippen LogP contribution in [0.3, 0.4) is 0 Å². The van der Waals surface area contributed by atoms with Crippen LogP contribution in [0.2, 0.25) is 0 Å². The Hall–Kier alpha value is -0.900. The number of hydrogen-bond donors (Lipinski definition) is 0. The van der Waals surface area contributed by atoms with E-state index in [4.69, 9.17) is 0 Å². The van der Waals surface area contributed by atoms with Gasteiger partial charge in [0.25, 0.3) is 0 Å². The van der Waals surface area contributed by atoms with E-state index < -0.39 is 0 Å². The predicted octanol–water partition coefficient (Wildman–Crippen LogP) is 2.95. The lowest BCUT2D eigenvalue weighted by molar-refractivity contribution is 0.358. The van der Waals surface area contributed by atoms with Crippen molar-refractivity contribution < 1.29 is 0 Å². The maximum atomic E-state index is 4.41. The van der Waals surface area contributed by atoms with Crippen molar-refractivity contribution in [3.8, 4) is 0 Å². The van der Waals surface area contributed by atoms with Crippen LogP contribution in [0.1, 0.15) is 20.8 Å². The monoisotopic (exact) mass is 253 g/mol. The molecule has 0 aliphatic rings. The molecule has 0 spiro atoms. The van der Waals surface area contributed by atoms with Gasteiger partial charge in [0.2, 0.25) is 0 Å². The molecule has 2 aromatic rings. The van der Waals surface area contributed by atoms with Gasteiger partial charge in [-0.2, -0.15) is 5.10 Å². The molecule has 2 rings (SSSR count). The van der Waals surface area contributed by atoms with Crippen LogP contribution < -0.4 is 0 Å². The first kappa shape index (κ1) is 9.65. The molecule has 4 heteroatoms. The Morgan fingerprint density at radius 1 is 1.36 bits per heavy atom. The number of aromatic nitrogens is 3. The molecule has 14 heavy (non-hydrogen) atoms. The Morgan fingerprint density at radius 3 is 2.71 bits per heavy atom. The summed E-state index contributed by atoms with van der Waals surface area (Å²) in [6, 6.07) is 2.03. The third kappa shape index (κ3) is 1.66. The normalized spacial score (nSPS) is 12.3. The van der Waals surface area contributed by atoms with Crippen molar-refractivity contribution >= 4 is 27.0 Å². The van der Waals surface area contributed by atoms with E-state index >= 15 is 0 Å². The van der Waals surface area contributed by atoms with Crippen LogP contribution in [0.5, 0.6) is 0 Å². The Labute approximate surface area is 91.3 Å². The molecule has 0 aromatic carbocycles. The van der Waals surface area contributed by atoms with Gasteiger partial charge in [-0.15, -0.1) is 0 Å². The minimum Gasteiger partial charge on any atom is -0.265 e. The second-order valence-corrected chi connectivity index (χ2v) is 5.23. The molecule has 2 heterocycles. The topological polar surface area (TPSA) is 30.7 Å². The first-order valence-electron chi connectivity index (χ1n) is 4.48. The number of rotatable bonds is 0. The van der Waals surface area contributed by atoms with Crippen molar-refractivity contribution in [3.05, 3.63) is 22.9 Å². The number of fused-ring (bicyclic) bond motifs is 1. The fraction of sp³-hybridized carbons (Fsp3) is 0.400. The number of nitrogens with zero attached hydrogens (tertiary/aromatic N) is 3. The van der Waals surface area contributed by atoms with Crippen molar-refractivity contribution in [2.45, 2.75) is 26.3 Å². The zero-order valence-corrected chi connectivity index (χ0v) is 10.0. The predicted molar refractivity (Wildman–Crippen MR) is 60.2 cm³/mol. The van der Waals surface area contributed by atoms with E-state index in [-0.39, 0.29) is 5.54 Å². The summed E-state index contributed by atoms with van der Waals surface area (Å²) in [5, 5.41) is 5.47. The van der Waals surface area contributed by atoms with Gasteiger partial charge in [0.1, 0.15) is 0 Å². The molecule has 3 nitrogen and oxygen atoms in total. The van der Waals surface area contributed by atoms with Crippen molar-refractivity contribution in [3.63, 3.8) is 0 Å². The van der Waals surface area contributed by atoms with E-state index in [1.807, 2.05) is 16.9 Å². The number of halogens is 1. The molecule has 2 aromatic heterocycles. The molecular formula is C10H12BrN3. The summed E-state index contributed by atoms with van der Waals surface area (Å²) in [4.78, 5) is 4.24. The van der Waals surface area contributed by atoms with Gasteiger partial charge in [-0.25, -0.2) is 4.98 Å². The third-order valence-electron chi connectivity index (χ3n) is 2.01. The van der Waals surface area contributed by atoms with E-state index in [1.54, 1.807) is 6.20 Å². The molecule has 0 N–H and O–H groups in total. The molecule has 0 fully saturated rings. The minimum absolute atomic E-state index is 0.00712. The number of pyridine rings is 1. The molecule has 0 aliphatic carbocycles. The van der Waals surface area contributed by atoms with Crippen molar-refractivity contribution in [1.82, 2.24) is 14.8 Å². The maximum absolute atomic E-state index is 4.41. The maximum Gasteiger partial charge on any atom is 0.181 e. The lowest BCUT2D eigenvalue weighted by atomic mass is 10.1. The van der Waals surface area contributed by atoms with E-state index in [2.05, 4.69) is 46.8 Å². The van der Waals surface area contributed by atoms with E-state index in [1.165, 1.54) is 0 Å². The van der Waals surface area contributed by atoms with Crippen LogP contribution in [0.25, 0.3) is 11.0 Å². The second kappa shape index (κ2) is 3.05. The third-order valence-corrected chi connectivity index (χ3v) is 2.45. The Balaban J connectivity index is 2.63. The van der Waals surface area contributed by atoms with Gasteiger partial charge in [0.05, 0.1) is 5.54 Å². The van der Waals surface area contributed by atoms with E-state index in [0.717, 1.165) is 15.5 Å². The van der Waals surface area contributed by atoms with Crippen molar-refractivity contribution in [1.29, 1.82) is 0 Å². The van der Waals surface area contributed by atoms with E-state index in [9.17, 15) is 0 Å². The van der Waals surface area contributed by atoms with Crippen molar-refractivity contribution in [2.24, 2.45) is 0 Å². The minimum atomic E-state index is 0.00712. The van der Waals surface area contributed by atoms with Crippen LogP contribution >= 0.6 is 15.9 Å². The van der Waals surface area contributed by atoms with Crippen molar-refractivity contribution in [2.75, 3.05) is 0 Å². The highest BCUT2D eigenvalue weighted by Crippen LogP contribution is 2.20. The molecular weight excluding hydrogens is 242 g/mol. The summed E-state index contributed by atoms with van der Waals surface area (Å²) in [6.45, 7) is 6.36. The van der Waals surface area contributed by atoms with Gasteiger partial charge in [0, 0.05) is 22.3 Å². The van der Waals surface area contributed by atoms with Crippen LogP contribution in [-0.2, 0) is 5.54 Å².